The molecule has 1 aliphatic carbocycles. The highest BCUT2D eigenvalue weighted by Gasteiger charge is 2.38. The molecule has 0 radical (unpaired) electrons. The van der Waals surface area contributed by atoms with Crippen molar-refractivity contribution >= 4 is 23.0 Å². The van der Waals surface area contributed by atoms with E-state index >= 15 is 0 Å². The molecule has 2 aliphatic rings. The lowest BCUT2D eigenvalue weighted by Crippen LogP contribution is -2.46. The lowest BCUT2D eigenvalue weighted by Gasteiger charge is -2.28. The number of fused-ring (bicyclic) bond motifs is 1. The van der Waals surface area contributed by atoms with E-state index in [9.17, 15) is 9.59 Å². The quantitative estimate of drug-likeness (QED) is 0.876. The molecule has 2 heterocycles. The molecular formula is C19H25N5O3. The highest BCUT2D eigenvalue weighted by molar-refractivity contribution is 5.99. The first-order valence-corrected chi connectivity index (χ1v) is 9.52. The van der Waals surface area contributed by atoms with Crippen LogP contribution in [0.5, 0.6) is 0 Å². The van der Waals surface area contributed by atoms with Crippen LogP contribution in [0.15, 0.2) is 18.2 Å². The predicted molar refractivity (Wildman–Crippen MR) is 99.4 cm³/mol. The number of hydrogen-bond donors (Lipinski definition) is 1. The van der Waals surface area contributed by atoms with Crippen LogP contribution >= 0.6 is 0 Å². The fourth-order valence-corrected chi connectivity index (χ4v) is 3.78. The highest BCUT2D eigenvalue weighted by Crippen LogP contribution is 2.24. The number of carbonyl (C=O) groups is 2. The Bertz CT molecular complexity index is 869. The van der Waals surface area contributed by atoms with Crippen molar-refractivity contribution in [1.29, 1.82) is 0 Å². The third-order valence-electron chi connectivity index (χ3n) is 5.47. The van der Waals surface area contributed by atoms with Gasteiger partial charge in [0.1, 0.15) is 17.8 Å². The summed E-state index contributed by atoms with van der Waals surface area (Å²) in [6, 6.07) is 5.08. The van der Waals surface area contributed by atoms with Crippen molar-refractivity contribution in [2.24, 2.45) is 0 Å². The number of ether oxygens (including phenoxy) is 1. The molecule has 0 atom stereocenters. The summed E-state index contributed by atoms with van der Waals surface area (Å²) in [6.45, 7) is 4.58. The van der Waals surface area contributed by atoms with Crippen LogP contribution in [0.4, 0.5) is 4.79 Å². The molecule has 8 nitrogen and oxygen atoms in total. The van der Waals surface area contributed by atoms with Crippen molar-refractivity contribution in [1.82, 2.24) is 25.2 Å². The average Bonchev–Trinajstić information content (AvgIpc) is 3.24. The lowest BCUT2D eigenvalue weighted by atomic mass is 9.95. The van der Waals surface area contributed by atoms with E-state index in [0.717, 1.165) is 25.7 Å². The maximum absolute atomic E-state index is 12.9. The Labute approximate surface area is 157 Å². The van der Waals surface area contributed by atoms with Crippen LogP contribution in [0.1, 0.15) is 56.3 Å². The molecule has 1 aromatic heterocycles. The largest absolute Gasteiger partial charge is 0.359 e. The molecular weight excluding hydrogens is 346 g/mol. The summed E-state index contributed by atoms with van der Waals surface area (Å²) >= 11 is 0. The summed E-state index contributed by atoms with van der Waals surface area (Å²) in [4.78, 5) is 27.2. The Kier molecular flexibility index (Phi) is 4.59. The van der Waals surface area contributed by atoms with E-state index in [0.29, 0.717) is 23.2 Å². The van der Waals surface area contributed by atoms with Crippen LogP contribution in [-0.4, -0.2) is 56.8 Å². The minimum atomic E-state index is -0.411. The molecule has 1 saturated heterocycles. The summed E-state index contributed by atoms with van der Waals surface area (Å²) in [5.41, 5.74) is 1.21. The van der Waals surface area contributed by atoms with E-state index in [4.69, 9.17) is 4.74 Å². The molecule has 2 fully saturated rings. The summed E-state index contributed by atoms with van der Waals surface area (Å²) in [7, 11) is 0. The van der Waals surface area contributed by atoms with E-state index in [1.54, 1.807) is 23.1 Å². The second-order valence-corrected chi connectivity index (χ2v) is 8.01. The number of nitrogens with one attached hydrogen (secondary N) is 1. The van der Waals surface area contributed by atoms with Crippen molar-refractivity contribution in [3.63, 3.8) is 0 Å². The van der Waals surface area contributed by atoms with E-state index < -0.39 is 5.54 Å². The number of nitrogens with zero attached hydrogens (tertiary/aromatic N) is 4. The van der Waals surface area contributed by atoms with Gasteiger partial charge in [-0.05, 0) is 44.9 Å². The van der Waals surface area contributed by atoms with Gasteiger partial charge in [-0.2, -0.15) is 4.68 Å². The van der Waals surface area contributed by atoms with Gasteiger partial charge in [0.05, 0.1) is 12.1 Å². The second-order valence-electron chi connectivity index (χ2n) is 8.01. The Morgan fingerprint density at radius 3 is 2.70 bits per heavy atom. The molecule has 0 spiro atoms. The molecule has 1 saturated carbocycles. The first-order valence-electron chi connectivity index (χ1n) is 9.52. The number of benzene rings is 1. The number of carbonyl (C=O) groups excluding carboxylic acids is 2. The van der Waals surface area contributed by atoms with Gasteiger partial charge in [-0.15, -0.1) is 5.10 Å². The van der Waals surface area contributed by atoms with E-state index in [-0.39, 0.29) is 24.7 Å². The normalized spacial score (nSPS) is 20.1. The van der Waals surface area contributed by atoms with Gasteiger partial charge < -0.3 is 10.1 Å². The molecule has 1 aromatic carbocycles. The fraction of sp³-hybridized carbons (Fsp3) is 0.579. The Morgan fingerprint density at radius 2 is 2.00 bits per heavy atom. The van der Waals surface area contributed by atoms with E-state index in [1.165, 1.54) is 11.1 Å². The van der Waals surface area contributed by atoms with Crippen LogP contribution in [0.25, 0.3) is 11.0 Å². The second kappa shape index (κ2) is 6.92. The number of hydrogen-bond acceptors (Lipinski definition) is 5. The van der Waals surface area contributed by atoms with Gasteiger partial charge >= 0.3 is 6.03 Å². The maximum Gasteiger partial charge on any atom is 0.349 e. The van der Waals surface area contributed by atoms with Gasteiger partial charge in [0.2, 0.25) is 0 Å². The molecule has 144 valence electrons. The van der Waals surface area contributed by atoms with Gasteiger partial charge in [0.25, 0.3) is 5.91 Å². The van der Waals surface area contributed by atoms with Crippen molar-refractivity contribution in [2.45, 2.75) is 57.5 Å². The van der Waals surface area contributed by atoms with Crippen molar-refractivity contribution in [3.8, 4) is 0 Å². The van der Waals surface area contributed by atoms with Gasteiger partial charge in [-0.1, -0.05) is 24.5 Å². The SMILES string of the molecule is CC1(C)COCN1C(=O)n1nnc2ccc(C(=O)NC3CCCCC3)cc21. The zero-order valence-corrected chi connectivity index (χ0v) is 15.8. The highest BCUT2D eigenvalue weighted by atomic mass is 16.5. The maximum atomic E-state index is 12.9. The van der Waals surface area contributed by atoms with Crippen molar-refractivity contribution in [2.75, 3.05) is 13.3 Å². The molecule has 1 N–H and O–H groups in total. The van der Waals surface area contributed by atoms with Gasteiger partial charge in [0, 0.05) is 11.6 Å². The average molecular weight is 371 g/mol. The molecule has 2 amide bonds. The summed E-state index contributed by atoms with van der Waals surface area (Å²) in [5.74, 6) is -0.117. The summed E-state index contributed by atoms with van der Waals surface area (Å²) < 4.78 is 6.68. The van der Waals surface area contributed by atoms with Crippen LogP contribution in [0.2, 0.25) is 0 Å². The minimum Gasteiger partial charge on any atom is -0.359 e. The number of rotatable bonds is 2. The third kappa shape index (κ3) is 3.41. The fourth-order valence-electron chi connectivity index (χ4n) is 3.78. The topological polar surface area (TPSA) is 89.3 Å². The van der Waals surface area contributed by atoms with Gasteiger partial charge in [-0.25, -0.2) is 4.79 Å². The third-order valence-corrected chi connectivity index (χ3v) is 5.47. The Morgan fingerprint density at radius 1 is 1.22 bits per heavy atom. The smallest absolute Gasteiger partial charge is 0.349 e. The molecule has 2 aromatic rings. The van der Waals surface area contributed by atoms with Crippen LogP contribution < -0.4 is 5.32 Å². The molecule has 4 rings (SSSR count). The van der Waals surface area contributed by atoms with Crippen molar-refractivity contribution in [3.05, 3.63) is 23.8 Å². The van der Waals surface area contributed by atoms with E-state index in [1.807, 2.05) is 13.8 Å². The zero-order chi connectivity index (χ0) is 19.0. The Hall–Kier alpha value is -2.48. The molecule has 1 aliphatic heterocycles. The van der Waals surface area contributed by atoms with E-state index in [2.05, 4.69) is 15.6 Å². The predicted octanol–water partition coefficient (Wildman–Crippen LogP) is 2.53. The first kappa shape index (κ1) is 17.9. The lowest BCUT2D eigenvalue weighted by molar-refractivity contribution is 0.0927. The van der Waals surface area contributed by atoms with Gasteiger partial charge in [0.15, 0.2) is 0 Å². The van der Waals surface area contributed by atoms with Crippen molar-refractivity contribution < 1.29 is 14.3 Å². The number of amides is 2. The standard InChI is InChI=1S/C19H25N5O3/c1-19(2)11-27-12-23(19)18(26)24-16-10-13(8-9-15(16)21-22-24)17(25)20-14-6-4-3-5-7-14/h8-10,14H,3-7,11-12H2,1-2H3,(H,20,25). The number of aromatic nitrogens is 3. The summed E-state index contributed by atoms with van der Waals surface area (Å²) in [5, 5.41) is 11.2. The Balaban J connectivity index is 1.59. The zero-order valence-electron chi connectivity index (χ0n) is 15.8. The molecule has 27 heavy (non-hydrogen) atoms. The minimum absolute atomic E-state index is 0.117. The van der Waals surface area contributed by atoms with Crippen LogP contribution in [-0.2, 0) is 4.74 Å². The van der Waals surface area contributed by atoms with Crippen LogP contribution in [0.3, 0.4) is 0 Å². The summed E-state index contributed by atoms with van der Waals surface area (Å²) in [6.07, 6.45) is 5.60. The molecule has 8 heteroatoms. The molecule has 0 unspecified atom stereocenters. The first-order chi connectivity index (χ1) is 13.0. The molecule has 0 bridgehead atoms. The van der Waals surface area contributed by atoms with Crippen LogP contribution in [0, 0.1) is 0 Å². The van der Waals surface area contributed by atoms with Gasteiger partial charge in [-0.3, -0.25) is 9.69 Å². The monoisotopic (exact) mass is 371 g/mol.